The molecule has 0 bridgehead atoms. The number of carbonyl (C=O) groups excluding carboxylic acids is 1. The SMILES string of the molecule is CC(C)NC(=O)CCOc1ccc(Br)cc1[C@H](C)N. The van der Waals surface area contributed by atoms with Gasteiger partial charge < -0.3 is 15.8 Å². The van der Waals surface area contributed by atoms with E-state index in [1.54, 1.807) is 0 Å². The van der Waals surface area contributed by atoms with Crippen LogP contribution in [0.2, 0.25) is 0 Å². The van der Waals surface area contributed by atoms with Crippen molar-refractivity contribution in [3.8, 4) is 5.75 Å². The number of nitrogens with one attached hydrogen (secondary N) is 1. The lowest BCUT2D eigenvalue weighted by Gasteiger charge is -2.15. The summed E-state index contributed by atoms with van der Waals surface area (Å²) in [7, 11) is 0. The number of amides is 1. The third-order valence-electron chi connectivity index (χ3n) is 2.50. The van der Waals surface area contributed by atoms with E-state index in [0.29, 0.717) is 13.0 Å². The molecule has 19 heavy (non-hydrogen) atoms. The smallest absolute Gasteiger partial charge is 0.223 e. The van der Waals surface area contributed by atoms with Gasteiger partial charge in [-0.3, -0.25) is 4.79 Å². The van der Waals surface area contributed by atoms with Gasteiger partial charge in [0.05, 0.1) is 13.0 Å². The molecule has 0 aromatic heterocycles. The summed E-state index contributed by atoms with van der Waals surface area (Å²) in [5, 5.41) is 2.82. The molecule has 1 atom stereocenters. The summed E-state index contributed by atoms with van der Waals surface area (Å²) in [6, 6.07) is 5.74. The lowest BCUT2D eigenvalue weighted by molar-refractivity contribution is -0.122. The molecule has 4 nitrogen and oxygen atoms in total. The molecule has 0 heterocycles. The number of rotatable bonds is 6. The van der Waals surface area contributed by atoms with E-state index in [2.05, 4.69) is 21.2 Å². The molecule has 1 rings (SSSR count). The molecule has 0 spiro atoms. The van der Waals surface area contributed by atoms with Gasteiger partial charge in [0.1, 0.15) is 5.75 Å². The third kappa shape index (κ3) is 5.61. The molecular formula is C14H21BrN2O2. The highest BCUT2D eigenvalue weighted by Crippen LogP contribution is 2.27. The van der Waals surface area contributed by atoms with E-state index in [1.807, 2.05) is 39.0 Å². The fourth-order valence-electron chi connectivity index (χ4n) is 1.65. The van der Waals surface area contributed by atoms with Gasteiger partial charge in [-0.2, -0.15) is 0 Å². The molecule has 5 heteroatoms. The summed E-state index contributed by atoms with van der Waals surface area (Å²) < 4.78 is 6.61. The van der Waals surface area contributed by atoms with Crippen LogP contribution in [0.1, 0.15) is 38.8 Å². The third-order valence-corrected chi connectivity index (χ3v) is 2.99. The fraction of sp³-hybridized carbons (Fsp3) is 0.500. The first-order chi connectivity index (χ1) is 8.90. The maximum Gasteiger partial charge on any atom is 0.223 e. The standard InChI is InChI=1S/C14H21BrN2O2/c1-9(2)17-14(18)6-7-19-13-5-4-11(15)8-12(13)10(3)16/h4-5,8-10H,6-7,16H2,1-3H3,(H,17,18)/t10-/m0/s1. The van der Waals surface area contributed by atoms with Gasteiger partial charge in [-0.25, -0.2) is 0 Å². The molecule has 0 radical (unpaired) electrons. The molecule has 106 valence electrons. The van der Waals surface area contributed by atoms with E-state index in [1.165, 1.54) is 0 Å². The Bertz CT molecular complexity index is 433. The maximum atomic E-state index is 11.5. The molecule has 1 aromatic rings. The van der Waals surface area contributed by atoms with Gasteiger partial charge in [0, 0.05) is 22.1 Å². The summed E-state index contributed by atoms with van der Waals surface area (Å²) in [6.45, 7) is 6.11. The highest BCUT2D eigenvalue weighted by molar-refractivity contribution is 9.10. The molecule has 1 amide bonds. The van der Waals surface area contributed by atoms with Gasteiger partial charge in [0.2, 0.25) is 5.91 Å². The molecule has 0 aliphatic carbocycles. The zero-order chi connectivity index (χ0) is 14.4. The van der Waals surface area contributed by atoms with Crippen LogP contribution in [0.25, 0.3) is 0 Å². The zero-order valence-electron chi connectivity index (χ0n) is 11.6. The topological polar surface area (TPSA) is 64.3 Å². The van der Waals surface area contributed by atoms with Crippen LogP contribution in [0.4, 0.5) is 0 Å². The van der Waals surface area contributed by atoms with E-state index in [0.717, 1.165) is 15.8 Å². The van der Waals surface area contributed by atoms with Crippen LogP contribution in [-0.4, -0.2) is 18.6 Å². The predicted molar refractivity (Wildman–Crippen MR) is 80.1 cm³/mol. The molecule has 0 saturated carbocycles. The second-order valence-electron chi connectivity index (χ2n) is 4.79. The average Bonchev–Trinajstić information content (AvgIpc) is 2.29. The minimum absolute atomic E-state index is 0.00513. The first-order valence-corrected chi connectivity index (χ1v) is 7.16. The lowest BCUT2D eigenvalue weighted by Crippen LogP contribution is -2.31. The van der Waals surface area contributed by atoms with Crippen LogP contribution >= 0.6 is 15.9 Å². The molecule has 0 aliphatic rings. The van der Waals surface area contributed by atoms with Crippen molar-refractivity contribution in [2.24, 2.45) is 5.73 Å². The van der Waals surface area contributed by atoms with Crippen molar-refractivity contribution in [3.05, 3.63) is 28.2 Å². The summed E-state index contributed by atoms with van der Waals surface area (Å²) in [5.74, 6) is 0.727. The Kier molecular flexibility index (Phi) is 6.31. The van der Waals surface area contributed by atoms with Crippen molar-refractivity contribution < 1.29 is 9.53 Å². The van der Waals surface area contributed by atoms with Crippen molar-refractivity contribution in [2.75, 3.05) is 6.61 Å². The van der Waals surface area contributed by atoms with E-state index in [9.17, 15) is 4.79 Å². The van der Waals surface area contributed by atoms with E-state index >= 15 is 0 Å². The molecule has 3 N–H and O–H groups in total. The van der Waals surface area contributed by atoms with Crippen molar-refractivity contribution in [3.63, 3.8) is 0 Å². The Labute approximate surface area is 122 Å². The summed E-state index contributed by atoms with van der Waals surface area (Å²) in [5.41, 5.74) is 6.83. The van der Waals surface area contributed by atoms with Crippen molar-refractivity contribution in [2.45, 2.75) is 39.3 Å². The van der Waals surface area contributed by atoms with E-state index in [-0.39, 0.29) is 18.0 Å². The minimum Gasteiger partial charge on any atom is -0.493 e. The first kappa shape index (κ1) is 16.0. The number of halogens is 1. The van der Waals surface area contributed by atoms with Crippen LogP contribution in [0.15, 0.2) is 22.7 Å². The predicted octanol–water partition coefficient (Wildman–Crippen LogP) is 2.76. The van der Waals surface area contributed by atoms with Crippen LogP contribution < -0.4 is 15.8 Å². The largest absolute Gasteiger partial charge is 0.493 e. The van der Waals surface area contributed by atoms with Crippen LogP contribution in [0.5, 0.6) is 5.75 Å². The number of hydrogen-bond acceptors (Lipinski definition) is 3. The summed E-state index contributed by atoms with van der Waals surface area (Å²) in [6.07, 6.45) is 0.340. The normalized spacial score (nSPS) is 12.3. The molecule has 0 unspecified atom stereocenters. The molecule has 0 aliphatic heterocycles. The molecule has 0 saturated heterocycles. The maximum absolute atomic E-state index is 11.5. The second-order valence-corrected chi connectivity index (χ2v) is 5.71. The molecular weight excluding hydrogens is 308 g/mol. The number of carbonyl (C=O) groups is 1. The molecule has 1 aromatic carbocycles. The Morgan fingerprint density at radius 2 is 2.11 bits per heavy atom. The van der Waals surface area contributed by atoms with Gasteiger partial charge in [-0.1, -0.05) is 15.9 Å². The monoisotopic (exact) mass is 328 g/mol. The van der Waals surface area contributed by atoms with Crippen molar-refractivity contribution in [1.82, 2.24) is 5.32 Å². The van der Waals surface area contributed by atoms with E-state index < -0.39 is 0 Å². The minimum atomic E-state index is -0.114. The Balaban J connectivity index is 2.56. The number of ether oxygens (including phenoxy) is 1. The van der Waals surface area contributed by atoms with Crippen LogP contribution in [-0.2, 0) is 4.79 Å². The van der Waals surface area contributed by atoms with Gasteiger partial charge in [-0.05, 0) is 39.0 Å². The van der Waals surface area contributed by atoms with Gasteiger partial charge in [0.15, 0.2) is 0 Å². The van der Waals surface area contributed by atoms with Gasteiger partial charge >= 0.3 is 0 Å². The van der Waals surface area contributed by atoms with Crippen LogP contribution in [0, 0.1) is 0 Å². The Morgan fingerprint density at radius 1 is 1.42 bits per heavy atom. The summed E-state index contributed by atoms with van der Waals surface area (Å²) in [4.78, 5) is 11.5. The second kappa shape index (κ2) is 7.50. The Hall–Kier alpha value is -1.07. The number of benzene rings is 1. The number of hydrogen-bond donors (Lipinski definition) is 2. The molecule has 0 fully saturated rings. The van der Waals surface area contributed by atoms with Crippen LogP contribution in [0.3, 0.4) is 0 Å². The fourth-order valence-corrected chi connectivity index (χ4v) is 2.03. The highest BCUT2D eigenvalue weighted by Gasteiger charge is 2.10. The zero-order valence-corrected chi connectivity index (χ0v) is 13.2. The quantitative estimate of drug-likeness (QED) is 0.843. The first-order valence-electron chi connectivity index (χ1n) is 6.37. The number of nitrogens with two attached hydrogens (primary N) is 1. The van der Waals surface area contributed by atoms with Crippen molar-refractivity contribution in [1.29, 1.82) is 0 Å². The van der Waals surface area contributed by atoms with E-state index in [4.69, 9.17) is 10.5 Å². The lowest BCUT2D eigenvalue weighted by atomic mass is 10.1. The van der Waals surface area contributed by atoms with Gasteiger partial charge in [-0.15, -0.1) is 0 Å². The average molecular weight is 329 g/mol. The van der Waals surface area contributed by atoms with Gasteiger partial charge in [0.25, 0.3) is 0 Å². The van der Waals surface area contributed by atoms with Crippen molar-refractivity contribution >= 4 is 21.8 Å². The highest BCUT2D eigenvalue weighted by atomic mass is 79.9. The summed E-state index contributed by atoms with van der Waals surface area (Å²) >= 11 is 3.41. The Morgan fingerprint density at radius 3 is 2.68 bits per heavy atom.